The van der Waals surface area contributed by atoms with Crippen LogP contribution in [0.4, 0.5) is 10.1 Å². The van der Waals surface area contributed by atoms with Gasteiger partial charge in [0.2, 0.25) is 0 Å². The maximum Gasteiger partial charge on any atom is 0.341 e. The molecule has 2 rings (SSSR count). The van der Waals surface area contributed by atoms with E-state index in [1.165, 1.54) is 12.1 Å². The molecule has 0 fully saturated rings. The molecule has 112 valence electrons. The maximum atomic E-state index is 13.9. The van der Waals surface area contributed by atoms with E-state index in [0.717, 1.165) is 10.2 Å². The molecule has 0 atom stereocenters. The molecule has 0 radical (unpaired) electrons. The van der Waals surface area contributed by atoms with Crippen molar-refractivity contribution in [3.05, 3.63) is 44.9 Å². The van der Waals surface area contributed by atoms with Crippen LogP contribution in [0.5, 0.6) is 0 Å². The highest BCUT2D eigenvalue weighted by atomic mass is 79.9. The number of rotatable bonds is 3. The third-order valence-corrected chi connectivity index (χ3v) is 4.13. The number of ether oxygens (including phenoxy) is 1. The van der Waals surface area contributed by atoms with Crippen molar-refractivity contribution < 1.29 is 13.9 Å². The summed E-state index contributed by atoms with van der Waals surface area (Å²) >= 11 is 3.38. The third-order valence-electron chi connectivity index (χ3n) is 3.10. The summed E-state index contributed by atoms with van der Waals surface area (Å²) < 4.78 is 21.5. The van der Waals surface area contributed by atoms with E-state index in [2.05, 4.69) is 21.0 Å². The second kappa shape index (κ2) is 5.85. The van der Waals surface area contributed by atoms with Gasteiger partial charge in [-0.25, -0.2) is 9.18 Å². The standard InChI is InChI=1S/C14H15BrFN3O2/c1-7-4-9(17)5-10(13(7)16)14(20)21-6-11-12(15)8(2)18-19(11)3/h4-5H,6,17H2,1-3H3. The minimum Gasteiger partial charge on any atom is -0.455 e. The van der Waals surface area contributed by atoms with Crippen molar-refractivity contribution in [3.63, 3.8) is 0 Å². The number of carbonyl (C=O) groups is 1. The first-order chi connectivity index (χ1) is 9.81. The van der Waals surface area contributed by atoms with Crippen LogP contribution >= 0.6 is 15.9 Å². The summed E-state index contributed by atoms with van der Waals surface area (Å²) in [6, 6.07) is 2.74. The van der Waals surface area contributed by atoms with E-state index >= 15 is 0 Å². The lowest BCUT2D eigenvalue weighted by molar-refractivity contribution is 0.0457. The van der Waals surface area contributed by atoms with Gasteiger partial charge in [-0.3, -0.25) is 4.68 Å². The molecule has 0 amide bonds. The molecule has 0 saturated carbocycles. The molecule has 1 heterocycles. The number of nitrogens with zero attached hydrogens (tertiary/aromatic N) is 2. The van der Waals surface area contributed by atoms with Crippen molar-refractivity contribution in [2.24, 2.45) is 7.05 Å². The summed E-state index contributed by atoms with van der Waals surface area (Å²) in [4.78, 5) is 12.0. The van der Waals surface area contributed by atoms with Crippen LogP contribution < -0.4 is 5.73 Å². The Hall–Kier alpha value is -1.89. The van der Waals surface area contributed by atoms with Crippen molar-refractivity contribution >= 4 is 27.6 Å². The zero-order valence-electron chi connectivity index (χ0n) is 11.9. The zero-order chi connectivity index (χ0) is 15.7. The van der Waals surface area contributed by atoms with Gasteiger partial charge in [0.1, 0.15) is 12.4 Å². The highest BCUT2D eigenvalue weighted by Gasteiger charge is 2.18. The van der Waals surface area contributed by atoms with Crippen molar-refractivity contribution in [3.8, 4) is 0 Å². The molecule has 2 N–H and O–H groups in total. The van der Waals surface area contributed by atoms with Crippen LogP contribution in [-0.4, -0.2) is 15.7 Å². The molecule has 0 aliphatic carbocycles. The van der Waals surface area contributed by atoms with Crippen molar-refractivity contribution in [2.45, 2.75) is 20.5 Å². The molecule has 0 aliphatic rings. The number of anilines is 1. The molecule has 0 bridgehead atoms. The van der Waals surface area contributed by atoms with Crippen LogP contribution in [0.1, 0.15) is 27.3 Å². The van der Waals surface area contributed by atoms with Crippen molar-refractivity contribution in [2.75, 3.05) is 5.73 Å². The van der Waals surface area contributed by atoms with Gasteiger partial charge in [-0.15, -0.1) is 0 Å². The second-order valence-electron chi connectivity index (χ2n) is 4.75. The predicted octanol–water partition coefficient (Wildman–Crippen LogP) is 2.88. The van der Waals surface area contributed by atoms with E-state index in [9.17, 15) is 9.18 Å². The van der Waals surface area contributed by atoms with Gasteiger partial charge in [0.05, 0.1) is 21.4 Å². The number of aromatic nitrogens is 2. The maximum absolute atomic E-state index is 13.9. The van der Waals surface area contributed by atoms with Crippen LogP contribution in [-0.2, 0) is 18.4 Å². The summed E-state index contributed by atoms with van der Waals surface area (Å²) in [6.07, 6.45) is 0. The Bertz CT molecular complexity index is 713. The van der Waals surface area contributed by atoms with Gasteiger partial charge in [-0.1, -0.05) is 0 Å². The van der Waals surface area contributed by atoms with E-state index < -0.39 is 11.8 Å². The number of hydrogen-bond acceptors (Lipinski definition) is 4. The Balaban J connectivity index is 2.19. The lowest BCUT2D eigenvalue weighted by Gasteiger charge is -2.09. The van der Waals surface area contributed by atoms with Crippen LogP contribution in [0.15, 0.2) is 16.6 Å². The van der Waals surface area contributed by atoms with Crippen LogP contribution in [0.25, 0.3) is 0 Å². The fourth-order valence-electron chi connectivity index (χ4n) is 1.99. The number of benzene rings is 1. The van der Waals surface area contributed by atoms with E-state index in [-0.39, 0.29) is 12.2 Å². The summed E-state index contributed by atoms with van der Waals surface area (Å²) in [7, 11) is 1.74. The third kappa shape index (κ3) is 3.07. The van der Waals surface area contributed by atoms with Crippen LogP contribution in [0.3, 0.4) is 0 Å². The quantitative estimate of drug-likeness (QED) is 0.678. The molecular formula is C14H15BrFN3O2. The number of hydrogen-bond donors (Lipinski definition) is 1. The molecule has 7 heteroatoms. The Kier molecular flexibility index (Phi) is 4.32. The zero-order valence-corrected chi connectivity index (χ0v) is 13.5. The van der Waals surface area contributed by atoms with Gasteiger partial charge in [0.25, 0.3) is 0 Å². The van der Waals surface area contributed by atoms with E-state index in [0.29, 0.717) is 16.9 Å². The first-order valence-corrected chi connectivity index (χ1v) is 7.01. The highest BCUT2D eigenvalue weighted by Crippen LogP contribution is 2.22. The molecule has 0 spiro atoms. The smallest absolute Gasteiger partial charge is 0.341 e. The number of nitrogen functional groups attached to an aromatic ring is 1. The van der Waals surface area contributed by atoms with Gasteiger partial charge in [0.15, 0.2) is 0 Å². The molecule has 2 aromatic rings. The van der Waals surface area contributed by atoms with Gasteiger partial charge in [0, 0.05) is 12.7 Å². The molecule has 21 heavy (non-hydrogen) atoms. The number of nitrogens with two attached hydrogens (primary N) is 1. The molecule has 1 aromatic carbocycles. The summed E-state index contributed by atoms with van der Waals surface area (Å²) in [5, 5.41) is 4.19. The lowest BCUT2D eigenvalue weighted by atomic mass is 10.1. The first kappa shape index (κ1) is 15.5. The fourth-order valence-corrected chi connectivity index (χ4v) is 2.44. The van der Waals surface area contributed by atoms with E-state index in [4.69, 9.17) is 10.5 Å². The predicted molar refractivity (Wildman–Crippen MR) is 80.3 cm³/mol. The number of aryl methyl sites for hydroxylation is 3. The van der Waals surface area contributed by atoms with Gasteiger partial charge >= 0.3 is 5.97 Å². The van der Waals surface area contributed by atoms with Crippen LogP contribution in [0, 0.1) is 19.7 Å². The SMILES string of the molecule is Cc1cc(N)cc(C(=O)OCc2c(Br)c(C)nn2C)c1F. The fraction of sp³-hybridized carbons (Fsp3) is 0.286. The average molecular weight is 356 g/mol. The lowest BCUT2D eigenvalue weighted by Crippen LogP contribution is -2.11. The summed E-state index contributed by atoms with van der Waals surface area (Å²) in [5.41, 5.74) is 7.57. The minimum absolute atomic E-state index is 0.00988. The number of halogens is 2. The normalized spacial score (nSPS) is 10.7. The Labute approximate surface area is 130 Å². The number of esters is 1. The van der Waals surface area contributed by atoms with E-state index in [1.54, 1.807) is 18.7 Å². The summed E-state index contributed by atoms with van der Waals surface area (Å²) in [5.74, 6) is -1.37. The Morgan fingerprint density at radius 1 is 1.48 bits per heavy atom. The monoisotopic (exact) mass is 355 g/mol. The number of carbonyl (C=O) groups excluding carboxylic acids is 1. The van der Waals surface area contributed by atoms with Gasteiger partial charge in [-0.2, -0.15) is 5.10 Å². The Morgan fingerprint density at radius 3 is 2.71 bits per heavy atom. The van der Waals surface area contributed by atoms with Gasteiger partial charge < -0.3 is 10.5 Å². The summed E-state index contributed by atoms with van der Waals surface area (Å²) in [6.45, 7) is 3.36. The topological polar surface area (TPSA) is 70.1 Å². The van der Waals surface area contributed by atoms with Crippen molar-refractivity contribution in [1.82, 2.24) is 9.78 Å². The van der Waals surface area contributed by atoms with Gasteiger partial charge in [-0.05, 0) is 47.5 Å². The van der Waals surface area contributed by atoms with Crippen molar-refractivity contribution in [1.29, 1.82) is 0 Å². The highest BCUT2D eigenvalue weighted by molar-refractivity contribution is 9.10. The largest absolute Gasteiger partial charge is 0.455 e. The van der Waals surface area contributed by atoms with Crippen LogP contribution in [0.2, 0.25) is 0 Å². The Morgan fingerprint density at radius 2 is 2.14 bits per heavy atom. The minimum atomic E-state index is -0.756. The second-order valence-corrected chi connectivity index (χ2v) is 5.54. The molecule has 0 unspecified atom stereocenters. The molecule has 0 aliphatic heterocycles. The molecule has 1 aromatic heterocycles. The molecule has 5 nitrogen and oxygen atoms in total. The molecule has 0 saturated heterocycles. The average Bonchev–Trinajstić information content (AvgIpc) is 2.65. The first-order valence-electron chi connectivity index (χ1n) is 6.22. The molecular weight excluding hydrogens is 341 g/mol. The van der Waals surface area contributed by atoms with E-state index in [1.807, 2.05) is 6.92 Å².